The van der Waals surface area contributed by atoms with Gasteiger partial charge in [-0.2, -0.15) is 8.78 Å². The predicted molar refractivity (Wildman–Crippen MR) is 162 cm³/mol. The average molecular weight is 622 g/mol. The van der Waals surface area contributed by atoms with Gasteiger partial charge in [0.2, 0.25) is 0 Å². The van der Waals surface area contributed by atoms with Crippen LogP contribution in [0, 0.1) is 5.82 Å². The molecule has 0 aliphatic carbocycles. The highest BCUT2D eigenvalue weighted by atomic mass is 35.5. The summed E-state index contributed by atoms with van der Waals surface area (Å²) in [6.07, 6.45) is 7.73. The summed E-state index contributed by atoms with van der Waals surface area (Å²) in [4.78, 5) is 13.7. The van der Waals surface area contributed by atoms with Crippen molar-refractivity contribution in [1.82, 2.24) is 19.5 Å². The van der Waals surface area contributed by atoms with Crippen molar-refractivity contribution in [1.29, 1.82) is 0 Å². The smallest absolute Gasteiger partial charge is 0.387 e. The molecule has 2 aromatic heterocycles. The lowest BCUT2D eigenvalue weighted by Crippen LogP contribution is -2.33. The van der Waals surface area contributed by atoms with Crippen LogP contribution in [0.3, 0.4) is 0 Å². The molecule has 0 bridgehead atoms. The zero-order valence-electron chi connectivity index (χ0n) is 24.6. The van der Waals surface area contributed by atoms with Crippen LogP contribution in [0.15, 0.2) is 42.7 Å². The van der Waals surface area contributed by atoms with Gasteiger partial charge in [-0.1, -0.05) is 38.4 Å². The number of ether oxygens (including phenoxy) is 1. The lowest BCUT2D eigenvalue weighted by Gasteiger charge is -2.47. The van der Waals surface area contributed by atoms with Crippen LogP contribution in [0.2, 0.25) is 5.02 Å². The minimum absolute atomic E-state index is 0.0444. The Kier molecular flexibility index (Phi) is 7.79. The number of nitrogens with two attached hydrogens (primary N) is 1. The van der Waals surface area contributed by atoms with Crippen LogP contribution in [0.1, 0.15) is 70.3 Å². The zero-order valence-corrected chi connectivity index (χ0v) is 26.2. The fraction of sp³-hybridized carbons (Fsp3) is 0.433. The standard InChI is InChI=1S/C30H35ClF3N5O2S/c1-29(2,3)42(6,7)41-30(4,5)27-36-14-16(15-37-27)17-11-22-21(12-19(17)32)38-26-20(35)13-23(39(22)26)25-18(31)9-8-10-24(25)40-28(33)34/h8-12,14-15,20,23,28H,13,35H2,1-7H3/t20-,23-/m1/s1. The number of benzene rings is 2. The van der Waals surface area contributed by atoms with Crippen molar-refractivity contribution >= 4 is 32.9 Å². The molecule has 0 saturated carbocycles. The summed E-state index contributed by atoms with van der Waals surface area (Å²) >= 11 is 6.51. The molecule has 3 heterocycles. The van der Waals surface area contributed by atoms with Crippen molar-refractivity contribution < 1.29 is 22.1 Å². The minimum atomic E-state index is -3.03. The Morgan fingerprint density at radius 3 is 2.38 bits per heavy atom. The van der Waals surface area contributed by atoms with Crippen molar-refractivity contribution in [3.8, 4) is 16.9 Å². The lowest BCUT2D eigenvalue weighted by atomic mass is 10.0. The molecule has 0 spiro atoms. The van der Waals surface area contributed by atoms with Gasteiger partial charge in [0.05, 0.1) is 23.1 Å². The van der Waals surface area contributed by atoms with E-state index in [0.717, 1.165) is 0 Å². The van der Waals surface area contributed by atoms with E-state index in [0.29, 0.717) is 40.2 Å². The highest BCUT2D eigenvalue weighted by molar-refractivity contribution is 8.29. The number of imidazole rings is 1. The van der Waals surface area contributed by atoms with E-state index in [1.54, 1.807) is 30.6 Å². The van der Waals surface area contributed by atoms with Crippen LogP contribution >= 0.6 is 21.9 Å². The number of hydrogen-bond acceptors (Lipinski definition) is 6. The number of aromatic nitrogens is 4. The van der Waals surface area contributed by atoms with Gasteiger partial charge in [0, 0.05) is 44.9 Å². The maximum Gasteiger partial charge on any atom is 0.387 e. The van der Waals surface area contributed by atoms with E-state index in [1.165, 1.54) is 12.1 Å². The van der Waals surface area contributed by atoms with Crippen LogP contribution < -0.4 is 10.5 Å². The maximum absolute atomic E-state index is 15.5. The molecule has 0 radical (unpaired) electrons. The fourth-order valence-corrected chi connectivity index (χ4v) is 6.80. The average Bonchev–Trinajstić information content (AvgIpc) is 3.38. The molecule has 0 saturated heterocycles. The monoisotopic (exact) mass is 621 g/mol. The van der Waals surface area contributed by atoms with E-state index in [1.807, 2.05) is 18.4 Å². The topological polar surface area (TPSA) is 88.1 Å². The second kappa shape index (κ2) is 10.7. The van der Waals surface area contributed by atoms with E-state index in [2.05, 4.69) is 48.2 Å². The molecule has 4 aromatic rings. The van der Waals surface area contributed by atoms with Crippen LogP contribution in [0.5, 0.6) is 5.75 Å². The van der Waals surface area contributed by atoms with Crippen LogP contribution in [0.4, 0.5) is 13.2 Å². The Balaban J connectivity index is 1.56. The first-order chi connectivity index (χ1) is 19.5. The fourth-order valence-electron chi connectivity index (χ4n) is 5.14. The number of nitrogens with zero attached hydrogens (tertiary/aromatic N) is 4. The lowest BCUT2D eigenvalue weighted by molar-refractivity contribution is -0.0506. The second-order valence-corrected chi connectivity index (χ2v) is 16.5. The number of fused-ring (bicyclic) bond motifs is 3. The predicted octanol–water partition coefficient (Wildman–Crippen LogP) is 7.91. The van der Waals surface area contributed by atoms with Gasteiger partial charge in [0.1, 0.15) is 23.0 Å². The van der Waals surface area contributed by atoms with Crippen LogP contribution in [0.25, 0.3) is 22.2 Å². The quantitative estimate of drug-likeness (QED) is 0.226. The molecule has 2 N–H and O–H groups in total. The third kappa shape index (κ3) is 5.47. The van der Waals surface area contributed by atoms with E-state index in [-0.39, 0.29) is 21.1 Å². The first kappa shape index (κ1) is 30.6. The maximum atomic E-state index is 15.5. The Bertz CT molecular complexity index is 1640. The van der Waals surface area contributed by atoms with Gasteiger partial charge >= 0.3 is 6.61 Å². The second-order valence-electron chi connectivity index (χ2n) is 12.3. The van der Waals surface area contributed by atoms with Crippen LogP contribution in [-0.2, 0) is 9.78 Å². The third-order valence-electron chi connectivity index (χ3n) is 7.88. The van der Waals surface area contributed by atoms with E-state index in [9.17, 15) is 8.78 Å². The van der Waals surface area contributed by atoms with Gasteiger partial charge in [-0.25, -0.2) is 19.3 Å². The Labute approximate surface area is 250 Å². The highest BCUT2D eigenvalue weighted by Gasteiger charge is 2.38. The molecule has 1 aliphatic heterocycles. The van der Waals surface area contributed by atoms with Crippen molar-refractivity contribution in [2.45, 2.75) is 70.1 Å². The summed E-state index contributed by atoms with van der Waals surface area (Å²) in [5.41, 5.74) is 7.70. The van der Waals surface area contributed by atoms with Gasteiger partial charge in [0.15, 0.2) is 5.82 Å². The largest absolute Gasteiger partial charge is 0.434 e. The van der Waals surface area contributed by atoms with E-state index in [4.69, 9.17) is 26.3 Å². The molecule has 7 nitrogen and oxygen atoms in total. The third-order valence-corrected chi connectivity index (χ3v) is 12.0. The van der Waals surface area contributed by atoms with Crippen molar-refractivity contribution in [2.24, 2.45) is 5.73 Å². The first-order valence-corrected chi connectivity index (χ1v) is 16.2. The summed E-state index contributed by atoms with van der Waals surface area (Å²) in [5.74, 6) is 0.439. The molecule has 2 aromatic carbocycles. The van der Waals surface area contributed by atoms with Gasteiger partial charge in [-0.05, 0) is 51.0 Å². The molecule has 1 aliphatic rings. The summed E-state index contributed by atoms with van der Waals surface area (Å²) in [6, 6.07) is 6.51. The van der Waals surface area contributed by atoms with E-state index >= 15 is 4.39 Å². The molecular formula is C30H35ClF3N5O2S. The van der Waals surface area contributed by atoms with Crippen molar-refractivity contribution in [3.05, 3.63) is 70.8 Å². The molecule has 0 fully saturated rings. The Morgan fingerprint density at radius 1 is 1.10 bits per heavy atom. The van der Waals surface area contributed by atoms with Gasteiger partial charge in [-0.3, -0.25) is 0 Å². The number of rotatable bonds is 7. The molecule has 5 rings (SSSR count). The van der Waals surface area contributed by atoms with Gasteiger partial charge in [0.25, 0.3) is 0 Å². The van der Waals surface area contributed by atoms with Gasteiger partial charge in [-0.15, -0.1) is 10.3 Å². The van der Waals surface area contributed by atoms with Crippen molar-refractivity contribution in [2.75, 3.05) is 12.5 Å². The first-order valence-electron chi connectivity index (χ1n) is 13.5. The normalized spacial score (nSPS) is 18.1. The molecule has 0 unspecified atom stereocenters. The number of alkyl halides is 2. The molecule has 226 valence electrons. The minimum Gasteiger partial charge on any atom is -0.434 e. The van der Waals surface area contributed by atoms with Crippen LogP contribution in [-0.4, -0.2) is 43.4 Å². The molecular weight excluding hydrogens is 587 g/mol. The van der Waals surface area contributed by atoms with E-state index < -0.39 is 40.4 Å². The Morgan fingerprint density at radius 2 is 1.76 bits per heavy atom. The molecule has 12 heteroatoms. The summed E-state index contributed by atoms with van der Waals surface area (Å²) in [7, 11) is -1.46. The summed E-state index contributed by atoms with van der Waals surface area (Å²) in [6.45, 7) is 7.25. The molecule has 42 heavy (non-hydrogen) atoms. The van der Waals surface area contributed by atoms with Gasteiger partial charge < -0.3 is 19.2 Å². The highest BCUT2D eigenvalue weighted by Crippen LogP contribution is 2.57. The number of hydrogen-bond donors (Lipinski definition) is 1. The summed E-state index contributed by atoms with van der Waals surface area (Å²) < 4.78 is 55.1. The zero-order chi connectivity index (χ0) is 30.8. The summed E-state index contributed by atoms with van der Waals surface area (Å²) in [5, 5.41) is 0.257. The molecule has 2 atom stereocenters. The number of halogens is 4. The van der Waals surface area contributed by atoms with Crippen molar-refractivity contribution in [3.63, 3.8) is 0 Å². The SMILES string of the molecule is CC(C)(OS(C)(C)C(C)(C)C)c1ncc(-c2cc3c(cc2F)nc2n3[C@@H](c3c(Cl)cccc3OC(F)F)C[C@H]2N)cn1. The Hall–Kier alpha value is -2.86. The molecule has 0 amide bonds.